The lowest BCUT2D eigenvalue weighted by Gasteiger charge is -2.27. The number of hydrogen-bond acceptors (Lipinski definition) is 3. The minimum atomic E-state index is -0.555. The summed E-state index contributed by atoms with van der Waals surface area (Å²) in [5.41, 5.74) is 1.03. The van der Waals surface area contributed by atoms with E-state index in [2.05, 4.69) is 27.7 Å². The Morgan fingerprint density at radius 3 is 2.70 bits per heavy atom. The Morgan fingerprint density at radius 2 is 2.00 bits per heavy atom. The molecule has 4 rings (SSSR count). The van der Waals surface area contributed by atoms with E-state index in [0.717, 1.165) is 19.5 Å². The number of nitrogens with one attached hydrogen (secondary N) is 2. The fourth-order valence-electron chi connectivity index (χ4n) is 5.05. The summed E-state index contributed by atoms with van der Waals surface area (Å²) in [5.74, 6) is -0.649. The van der Waals surface area contributed by atoms with Gasteiger partial charge in [0.05, 0.1) is 10.4 Å². The number of hydrogen-bond donors (Lipinski definition) is 2. The van der Waals surface area contributed by atoms with Gasteiger partial charge in [-0.15, -0.1) is 0 Å². The average Bonchev–Trinajstić information content (AvgIpc) is 3.24. The largest absolute Gasteiger partial charge is 0.359 e. The molecule has 0 spiro atoms. The van der Waals surface area contributed by atoms with Gasteiger partial charge in [0.2, 0.25) is 5.91 Å². The molecule has 7 heteroatoms. The van der Waals surface area contributed by atoms with Crippen molar-refractivity contribution in [2.24, 2.45) is 11.3 Å². The number of carbonyl (C=O) groups excluding carboxylic acids is 2. The molecule has 2 aromatic carbocycles. The molecule has 0 aromatic heterocycles. The van der Waals surface area contributed by atoms with Crippen LogP contribution in [0.2, 0.25) is 5.02 Å². The number of carbonyl (C=O) groups is 2. The van der Waals surface area contributed by atoms with Gasteiger partial charge in [-0.05, 0) is 42.5 Å². The van der Waals surface area contributed by atoms with E-state index in [1.165, 1.54) is 23.8 Å². The Kier molecular flexibility index (Phi) is 5.80. The first-order chi connectivity index (χ1) is 14.4. The molecule has 0 radical (unpaired) electrons. The second-order valence-electron chi connectivity index (χ2n) is 8.33. The van der Waals surface area contributed by atoms with Crippen LogP contribution in [-0.2, 0) is 11.3 Å². The summed E-state index contributed by atoms with van der Waals surface area (Å²) in [5, 5.41) is 5.78. The maximum Gasteiger partial charge on any atom is 0.251 e. The Hall–Kier alpha value is -2.44. The molecule has 2 fully saturated rings. The standard InChI is InChI=1S/C23H25ClFN3O2/c1-26-22(30)23-11-18(27-21(29)16-7-8-20(25)19(24)9-16)10-17(23)13-28(14-23)12-15-5-3-2-4-6-15/h2-9,17-18H,10-14H2,1H3,(H,26,30)(H,27,29)/t17-,18-,23-/m0/s1. The van der Waals surface area contributed by atoms with Gasteiger partial charge in [0, 0.05) is 38.3 Å². The number of benzene rings is 2. The molecule has 5 nitrogen and oxygen atoms in total. The summed E-state index contributed by atoms with van der Waals surface area (Å²) >= 11 is 5.80. The molecule has 3 atom stereocenters. The highest BCUT2D eigenvalue weighted by Crippen LogP contribution is 2.49. The lowest BCUT2D eigenvalue weighted by molar-refractivity contribution is -0.131. The molecule has 1 saturated carbocycles. The number of halogens is 2. The topological polar surface area (TPSA) is 61.4 Å². The Bertz CT molecular complexity index is 955. The van der Waals surface area contributed by atoms with Crippen LogP contribution in [0.1, 0.15) is 28.8 Å². The van der Waals surface area contributed by atoms with Gasteiger partial charge >= 0.3 is 0 Å². The van der Waals surface area contributed by atoms with E-state index in [4.69, 9.17) is 11.6 Å². The van der Waals surface area contributed by atoms with E-state index in [1.807, 2.05) is 18.2 Å². The van der Waals surface area contributed by atoms with E-state index in [-0.39, 0.29) is 28.8 Å². The van der Waals surface area contributed by atoms with Crippen LogP contribution in [0.15, 0.2) is 48.5 Å². The van der Waals surface area contributed by atoms with Crippen LogP contribution in [0.4, 0.5) is 4.39 Å². The summed E-state index contributed by atoms with van der Waals surface area (Å²) in [6, 6.07) is 14.1. The zero-order chi connectivity index (χ0) is 21.3. The van der Waals surface area contributed by atoms with Crippen molar-refractivity contribution in [2.45, 2.75) is 25.4 Å². The SMILES string of the molecule is CNC(=O)[C@]12C[C@@H](NC(=O)c3ccc(F)c(Cl)c3)C[C@H]1CN(Cc1ccccc1)C2. The Balaban J connectivity index is 1.46. The van der Waals surface area contributed by atoms with Gasteiger partial charge in [-0.3, -0.25) is 14.5 Å². The molecule has 1 heterocycles. The van der Waals surface area contributed by atoms with Gasteiger partial charge in [-0.2, -0.15) is 0 Å². The third-order valence-corrected chi connectivity index (χ3v) is 6.68. The monoisotopic (exact) mass is 429 g/mol. The van der Waals surface area contributed by atoms with Crippen LogP contribution in [0.3, 0.4) is 0 Å². The van der Waals surface area contributed by atoms with E-state index in [1.54, 1.807) is 7.05 Å². The summed E-state index contributed by atoms with van der Waals surface area (Å²) in [6.45, 7) is 2.29. The number of rotatable bonds is 5. The summed E-state index contributed by atoms with van der Waals surface area (Å²) in [4.78, 5) is 27.8. The lowest BCUT2D eigenvalue weighted by Crippen LogP contribution is -2.44. The number of nitrogens with zero attached hydrogens (tertiary/aromatic N) is 1. The van der Waals surface area contributed by atoms with E-state index in [0.29, 0.717) is 18.5 Å². The van der Waals surface area contributed by atoms with Crippen molar-refractivity contribution in [1.29, 1.82) is 0 Å². The zero-order valence-electron chi connectivity index (χ0n) is 16.8. The lowest BCUT2D eigenvalue weighted by atomic mass is 9.80. The molecule has 2 aromatic rings. The molecule has 1 aliphatic carbocycles. The van der Waals surface area contributed by atoms with Crippen LogP contribution >= 0.6 is 11.6 Å². The number of likely N-dealkylation sites (tertiary alicyclic amines) is 1. The van der Waals surface area contributed by atoms with Gasteiger partial charge in [0.25, 0.3) is 5.91 Å². The smallest absolute Gasteiger partial charge is 0.251 e. The highest BCUT2D eigenvalue weighted by molar-refractivity contribution is 6.31. The van der Waals surface area contributed by atoms with Gasteiger partial charge in [-0.1, -0.05) is 41.9 Å². The first kappa shape index (κ1) is 20.8. The van der Waals surface area contributed by atoms with Crippen molar-refractivity contribution in [3.63, 3.8) is 0 Å². The van der Waals surface area contributed by atoms with Gasteiger partial charge in [0.1, 0.15) is 5.82 Å². The van der Waals surface area contributed by atoms with Crippen LogP contribution in [0.5, 0.6) is 0 Å². The predicted molar refractivity (Wildman–Crippen MR) is 114 cm³/mol. The van der Waals surface area contributed by atoms with E-state index < -0.39 is 11.2 Å². The van der Waals surface area contributed by atoms with Gasteiger partial charge in [0.15, 0.2) is 0 Å². The van der Waals surface area contributed by atoms with Crippen LogP contribution in [0.25, 0.3) is 0 Å². The quantitative estimate of drug-likeness (QED) is 0.767. The fraction of sp³-hybridized carbons (Fsp3) is 0.391. The first-order valence-corrected chi connectivity index (χ1v) is 10.5. The van der Waals surface area contributed by atoms with Crippen molar-refractivity contribution in [2.75, 3.05) is 20.1 Å². The Morgan fingerprint density at radius 1 is 1.23 bits per heavy atom. The molecule has 30 heavy (non-hydrogen) atoms. The van der Waals surface area contributed by atoms with Crippen LogP contribution < -0.4 is 10.6 Å². The minimum Gasteiger partial charge on any atom is -0.359 e. The number of fused-ring (bicyclic) bond motifs is 1. The predicted octanol–water partition coefficient (Wildman–Crippen LogP) is 3.24. The molecule has 0 bridgehead atoms. The number of amides is 2. The van der Waals surface area contributed by atoms with E-state index >= 15 is 0 Å². The Labute approximate surface area is 180 Å². The van der Waals surface area contributed by atoms with Crippen molar-refractivity contribution >= 4 is 23.4 Å². The van der Waals surface area contributed by atoms with Crippen LogP contribution in [-0.4, -0.2) is 42.9 Å². The van der Waals surface area contributed by atoms with Crippen molar-refractivity contribution < 1.29 is 14.0 Å². The van der Waals surface area contributed by atoms with Crippen molar-refractivity contribution in [3.05, 3.63) is 70.5 Å². The summed E-state index contributed by atoms with van der Waals surface area (Å²) in [6.07, 6.45) is 1.32. The second-order valence-corrected chi connectivity index (χ2v) is 8.73. The van der Waals surface area contributed by atoms with Crippen molar-refractivity contribution in [3.8, 4) is 0 Å². The molecule has 2 N–H and O–H groups in total. The highest BCUT2D eigenvalue weighted by Gasteiger charge is 2.57. The molecule has 1 saturated heterocycles. The molecule has 2 amide bonds. The minimum absolute atomic E-state index is 0.0321. The molecule has 0 unspecified atom stereocenters. The molecular formula is C23H25ClFN3O2. The van der Waals surface area contributed by atoms with Gasteiger partial charge in [-0.25, -0.2) is 4.39 Å². The maximum atomic E-state index is 13.4. The van der Waals surface area contributed by atoms with Gasteiger partial charge < -0.3 is 10.6 Å². The molecule has 158 valence electrons. The normalized spacial score (nSPS) is 25.7. The summed E-state index contributed by atoms with van der Waals surface area (Å²) < 4.78 is 13.4. The molecule has 2 aliphatic rings. The van der Waals surface area contributed by atoms with Crippen molar-refractivity contribution in [1.82, 2.24) is 15.5 Å². The zero-order valence-corrected chi connectivity index (χ0v) is 17.6. The maximum absolute atomic E-state index is 13.4. The van der Waals surface area contributed by atoms with Crippen LogP contribution in [0, 0.1) is 17.2 Å². The third-order valence-electron chi connectivity index (χ3n) is 6.39. The molecular weight excluding hydrogens is 405 g/mol. The third kappa shape index (κ3) is 3.94. The second kappa shape index (κ2) is 8.36. The first-order valence-electron chi connectivity index (χ1n) is 10.2. The summed E-state index contributed by atoms with van der Waals surface area (Å²) in [7, 11) is 1.67. The van der Waals surface area contributed by atoms with E-state index in [9.17, 15) is 14.0 Å². The fourth-order valence-corrected chi connectivity index (χ4v) is 5.23. The average molecular weight is 430 g/mol. The highest BCUT2D eigenvalue weighted by atomic mass is 35.5. The molecule has 1 aliphatic heterocycles.